The fourth-order valence-electron chi connectivity index (χ4n) is 1.08. The lowest BCUT2D eigenvalue weighted by Crippen LogP contribution is -2.14. The fraction of sp³-hybridized carbons (Fsp3) is 0.364. The van der Waals surface area contributed by atoms with E-state index < -0.39 is 0 Å². The Balaban J connectivity index is 2.42. The average Bonchev–Trinajstić information content (AvgIpc) is 2.27. The molecule has 0 aliphatic heterocycles. The molecule has 1 aromatic carbocycles. The highest BCUT2D eigenvalue weighted by Gasteiger charge is 1.95. The zero-order valence-corrected chi connectivity index (χ0v) is 10.4. The van der Waals surface area contributed by atoms with E-state index in [1.807, 2.05) is 41.5 Å². The smallest absolute Gasteiger partial charge is 0.113 e. The van der Waals surface area contributed by atoms with Crippen molar-refractivity contribution >= 4 is 23.8 Å². The summed E-state index contributed by atoms with van der Waals surface area (Å²) in [5.74, 6) is 1.08. The number of nitrogens with one attached hydrogen (secondary N) is 1. The summed E-state index contributed by atoms with van der Waals surface area (Å²) < 4.78 is 0. The number of nitrogens with zero attached hydrogens (tertiary/aromatic N) is 2. The van der Waals surface area contributed by atoms with Crippen LogP contribution < -0.4 is 5.48 Å². The molecule has 5 heteroatoms. The molecule has 0 radical (unpaired) electrons. The van der Waals surface area contributed by atoms with Crippen LogP contribution in [0.1, 0.15) is 0 Å². The van der Waals surface area contributed by atoms with Gasteiger partial charge in [-0.25, -0.2) is 4.99 Å². The Morgan fingerprint density at radius 1 is 1.38 bits per heavy atom. The van der Waals surface area contributed by atoms with Gasteiger partial charge in [-0.05, 0) is 38.4 Å². The van der Waals surface area contributed by atoms with Gasteiger partial charge < -0.3 is 4.90 Å². The Hall–Kier alpha value is -1.04. The lowest BCUT2D eigenvalue weighted by atomic mass is 10.3. The molecule has 0 fully saturated rings. The molecule has 2 N–H and O–H groups in total. The van der Waals surface area contributed by atoms with E-state index in [2.05, 4.69) is 24.0 Å². The van der Waals surface area contributed by atoms with E-state index in [4.69, 9.17) is 5.21 Å². The van der Waals surface area contributed by atoms with Gasteiger partial charge in [0.1, 0.15) is 6.34 Å². The van der Waals surface area contributed by atoms with Gasteiger partial charge in [0.15, 0.2) is 0 Å². The second kappa shape index (κ2) is 7.27. The van der Waals surface area contributed by atoms with Crippen LogP contribution in [0.25, 0.3) is 0 Å². The third kappa shape index (κ3) is 5.16. The molecular weight excluding hydrogens is 222 g/mol. The monoisotopic (exact) mass is 239 g/mol. The van der Waals surface area contributed by atoms with E-state index in [9.17, 15) is 0 Å². The zero-order valence-electron chi connectivity index (χ0n) is 9.55. The van der Waals surface area contributed by atoms with Crippen LogP contribution in [0.2, 0.25) is 0 Å². The number of hydrogen-bond acceptors (Lipinski definition) is 4. The normalized spacial score (nSPS) is 11.2. The molecule has 4 nitrogen and oxygen atoms in total. The lowest BCUT2D eigenvalue weighted by molar-refractivity contribution is 0.240. The third-order valence-electron chi connectivity index (χ3n) is 1.92. The molecule has 0 aliphatic rings. The Labute approximate surface area is 100 Å². The minimum absolute atomic E-state index is 0.818. The predicted molar refractivity (Wildman–Crippen MR) is 68.8 cm³/mol. The first-order valence-corrected chi connectivity index (χ1v) is 6.00. The van der Waals surface area contributed by atoms with Crippen LogP contribution in [-0.4, -0.2) is 42.8 Å². The first-order valence-electron chi connectivity index (χ1n) is 5.02. The van der Waals surface area contributed by atoms with Crippen molar-refractivity contribution in [1.82, 2.24) is 10.4 Å². The lowest BCUT2D eigenvalue weighted by Gasteiger charge is -2.08. The fourth-order valence-corrected chi connectivity index (χ4v) is 2.10. The minimum Gasteiger partial charge on any atom is -0.309 e. The maximum absolute atomic E-state index is 8.34. The summed E-state index contributed by atoms with van der Waals surface area (Å²) in [6.07, 6.45) is 1.24. The number of rotatable bonds is 6. The van der Waals surface area contributed by atoms with Gasteiger partial charge in [-0.3, -0.25) is 10.7 Å². The van der Waals surface area contributed by atoms with Crippen LogP contribution in [0.15, 0.2) is 34.2 Å². The van der Waals surface area contributed by atoms with E-state index in [0.29, 0.717) is 0 Å². The molecule has 0 bridgehead atoms. The summed E-state index contributed by atoms with van der Waals surface area (Å²) >= 11 is 1.82. The van der Waals surface area contributed by atoms with Crippen molar-refractivity contribution in [2.45, 2.75) is 4.90 Å². The number of hydrogen-bond donors (Lipinski definition) is 2. The van der Waals surface area contributed by atoms with E-state index in [1.54, 1.807) is 0 Å². The van der Waals surface area contributed by atoms with Gasteiger partial charge in [0.05, 0.1) is 5.69 Å². The number of aliphatic imine (C=N–C) groups is 1. The Morgan fingerprint density at radius 2 is 2.06 bits per heavy atom. The molecule has 88 valence electrons. The van der Waals surface area contributed by atoms with Crippen molar-refractivity contribution in [2.75, 3.05) is 26.4 Å². The molecule has 16 heavy (non-hydrogen) atoms. The number of hydroxylamine groups is 1. The van der Waals surface area contributed by atoms with E-state index in [-0.39, 0.29) is 0 Å². The molecule has 1 rings (SSSR count). The van der Waals surface area contributed by atoms with Crippen LogP contribution in [-0.2, 0) is 0 Å². The number of thioether (sulfide) groups is 1. The van der Waals surface area contributed by atoms with Gasteiger partial charge in [-0.2, -0.15) is 0 Å². The highest BCUT2D eigenvalue weighted by atomic mass is 32.2. The number of benzene rings is 1. The van der Waals surface area contributed by atoms with Gasteiger partial charge in [-0.15, -0.1) is 11.8 Å². The quantitative estimate of drug-likeness (QED) is 0.345. The summed E-state index contributed by atoms with van der Waals surface area (Å²) in [5, 5.41) is 8.34. The second-order valence-electron chi connectivity index (χ2n) is 3.53. The molecule has 1 aromatic rings. The first-order chi connectivity index (χ1) is 7.72. The van der Waals surface area contributed by atoms with Crippen molar-refractivity contribution in [1.29, 1.82) is 0 Å². The predicted octanol–water partition coefficient (Wildman–Crippen LogP) is 1.98. The zero-order chi connectivity index (χ0) is 11.8. The van der Waals surface area contributed by atoms with E-state index >= 15 is 0 Å². The van der Waals surface area contributed by atoms with Crippen LogP contribution in [0.4, 0.5) is 5.69 Å². The third-order valence-corrected chi connectivity index (χ3v) is 2.91. The van der Waals surface area contributed by atoms with Crippen molar-refractivity contribution in [3.63, 3.8) is 0 Å². The molecule has 0 aromatic heterocycles. The van der Waals surface area contributed by atoms with Crippen molar-refractivity contribution in [3.8, 4) is 0 Å². The summed E-state index contributed by atoms with van der Waals surface area (Å²) in [5.41, 5.74) is 2.69. The van der Waals surface area contributed by atoms with E-state index in [0.717, 1.165) is 18.0 Å². The van der Waals surface area contributed by atoms with Crippen molar-refractivity contribution in [3.05, 3.63) is 24.3 Å². The molecule has 0 saturated heterocycles. The van der Waals surface area contributed by atoms with E-state index in [1.165, 1.54) is 11.2 Å². The maximum atomic E-state index is 8.34. The molecule has 0 unspecified atom stereocenters. The summed E-state index contributed by atoms with van der Waals surface area (Å²) in [6, 6.07) is 7.91. The molecule has 0 amide bonds. The Morgan fingerprint density at radius 3 is 2.62 bits per heavy atom. The van der Waals surface area contributed by atoms with Crippen LogP contribution in [0, 0.1) is 0 Å². The highest BCUT2D eigenvalue weighted by Crippen LogP contribution is 2.21. The molecule has 0 heterocycles. The van der Waals surface area contributed by atoms with Crippen LogP contribution >= 0.6 is 11.8 Å². The SMILES string of the molecule is CN(C)CCSc1ccc(N=CNO)cc1. The molecule has 0 atom stereocenters. The maximum Gasteiger partial charge on any atom is 0.113 e. The Kier molecular flexibility index (Phi) is 5.92. The standard InChI is InChI=1S/C11H17N3OS/c1-14(2)7-8-16-11-5-3-10(4-6-11)12-9-13-15/h3-6,9,15H,7-8H2,1-2H3,(H,12,13). The molecule has 0 aliphatic carbocycles. The van der Waals surface area contributed by atoms with Gasteiger partial charge in [0.25, 0.3) is 0 Å². The van der Waals surface area contributed by atoms with Crippen LogP contribution in [0.5, 0.6) is 0 Å². The van der Waals surface area contributed by atoms with Crippen molar-refractivity contribution < 1.29 is 5.21 Å². The molecular formula is C11H17N3OS. The highest BCUT2D eigenvalue weighted by molar-refractivity contribution is 7.99. The Bertz CT molecular complexity index is 325. The second-order valence-corrected chi connectivity index (χ2v) is 4.70. The average molecular weight is 239 g/mol. The summed E-state index contributed by atoms with van der Waals surface area (Å²) in [6.45, 7) is 1.07. The molecule has 0 spiro atoms. The molecule has 0 saturated carbocycles. The summed E-state index contributed by atoms with van der Waals surface area (Å²) in [4.78, 5) is 7.37. The van der Waals surface area contributed by atoms with Gasteiger partial charge in [0, 0.05) is 17.2 Å². The van der Waals surface area contributed by atoms with Crippen molar-refractivity contribution in [2.24, 2.45) is 4.99 Å². The largest absolute Gasteiger partial charge is 0.309 e. The topological polar surface area (TPSA) is 47.9 Å². The van der Waals surface area contributed by atoms with Gasteiger partial charge in [-0.1, -0.05) is 0 Å². The van der Waals surface area contributed by atoms with Gasteiger partial charge in [0.2, 0.25) is 0 Å². The van der Waals surface area contributed by atoms with Crippen LogP contribution in [0.3, 0.4) is 0 Å². The summed E-state index contributed by atoms with van der Waals surface area (Å²) in [7, 11) is 4.14. The van der Waals surface area contributed by atoms with Gasteiger partial charge >= 0.3 is 0 Å². The minimum atomic E-state index is 0.818. The first kappa shape index (κ1) is 13.0.